The standard InChI is InChI=1S/C24H31N3O6S/c1-24(2,17-7-9-19-21(13-17)33-16-32-19)25-15-23(28)26-18-8-10-20(31-3)22(14-18)34(29,30)27-11-5-4-6-12-27/h7-10,13-14,25H,4-6,11-12,15-16H2,1-3H3,(H,26,28). The van der Waals surface area contributed by atoms with E-state index < -0.39 is 15.6 Å². The predicted molar refractivity (Wildman–Crippen MR) is 128 cm³/mol. The van der Waals surface area contributed by atoms with E-state index in [2.05, 4.69) is 10.6 Å². The Labute approximate surface area is 200 Å². The Hall–Kier alpha value is -2.82. The molecule has 2 N–H and O–H groups in total. The van der Waals surface area contributed by atoms with Crippen LogP contribution in [-0.4, -0.2) is 52.2 Å². The number of carbonyl (C=O) groups excluding carboxylic acids is 1. The lowest BCUT2D eigenvalue weighted by atomic mass is 9.94. The van der Waals surface area contributed by atoms with Gasteiger partial charge in [-0.15, -0.1) is 0 Å². The fraction of sp³-hybridized carbons (Fsp3) is 0.458. The zero-order valence-electron chi connectivity index (χ0n) is 19.7. The monoisotopic (exact) mass is 489 g/mol. The highest BCUT2D eigenvalue weighted by molar-refractivity contribution is 7.89. The van der Waals surface area contributed by atoms with Crippen LogP contribution in [0.4, 0.5) is 5.69 Å². The molecular formula is C24H31N3O6S. The van der Waals surface area contributed by atoms with Crippen LogP contribution in [0.5, 0.6) is 17.2 Å². The molecule has 1 saturated heterocycles. The minimum Gasteiger partial charge on any atom is -0.495 e. The van der Waals surface area contributed by atoms with Gasteiger partial charge < -0.3 is 19.5 Å². The van der Waals surface area contributed by atoms with Crippen LogP contribution in [0.15, 0.2) is 41.3 Å². The van der Waals surface area contributed by atoms with Gasteiger partial charge in [-0.3, -0.25) is 10.1 Å². The van der Waals surface area contributed by atoms with Gasteiger partial charge in [-0.05, 0) is 62.6 Å². The van der Waals surface area contributed by atoms with Crippen molar-refractivity contribution in [3.63, 3.8) is 0 Å². The van der Waals surface area contributed by atoms with Gasteiger partial charge >= 0.3 is 0 Å². The molecule has 10 heteroatoms. The first-order valence-corrected chi connectivity index (χ1v) is 12.8. The maximum absolute atomic E-state index is 13.2. The number of rotatable bonds is 8. The summed E-state index contributed by atoms with van der Waals surface area (Å²) in [5, 5.41) is 6.04. The lowest BCUT2D eigenvalue weighted by molar-refractivity contribution is -0.115. The number of ether oxygens (including phenoxy) is 3. The lowest BCUT2D eigenvalue weighted by Gasteiger charge is -2.27. The summed E-state index contributed by atoms with van der Waals surface area (Å²) in [6, 6.07) is 10.3. The van der Waals surface area contributed by atoms with Crippen molar-refractivity contribution in [2.24, 2.45) is 0 Å². The molecule has 184 valence electrons. The van der Waals surface area contributed by atoms with E-state index in [1.807, 2.05) is 32.0 Å². The summed E-state index contributed by atoms with van der Waals surface area (Å²) in [4.78, 5) is 12.7. The zero-order chi connectivity index (χ0) is 24.3. The third kappa shape index (κ3) is 5.13. The molecule has 0 unspecified atom stereocenters. The molecule has 1 amide bonds. The summed E-state index contributed by atoms with van der Waals surface area (Å²) in [6.07, 6.45) is 2.69. The number of nitrogens with zero attached hydrogens (tertiary/aromatic N) is 1. The lowest BCUT2D eigenvalue weighted by Crippen LogP contribution is -2.41. The van der Waals surface area contributed by atoms with E-state index >= 15 is 0 Å². The van der Waals surface area contributed by atoms with E-state index in [1.165, 1.54) is 17.5 Å². The molecule has 9 nitrogen and oxygen atoms in total. The molecule has 0 aromatic heterocycles. The van der Waals surface area contributed by atoms with Gasteiger partial charge in [0.2, 0.25) is 22.7 Å². The Balaban J connectivity index is 1.44. The van der Waals surface area contributed by atoms with Crippen LogP contribution in [0.25, 0.3) is 0 Å². The summed E-state index contributed by atoms with van der Waals surface area (Å²) in [6.45, 7) is 5.14. The minimum absolute atomic E-state index is 0.0294. The number of benzene rings is 2. The van der Waals surface area contributed by atoms with Crippen molar-refractivity contribution in [1.29, 1.82) is 0 Å². The molecule has 34 heavy (non-hydrogen) atoms. The van der Waals surface area contributed by atoms with Crippen molar-refractivity contribution in [1.82, 2.24) is 9.62 Å². The molecule has 2 aromatic carbocycles. The predicted octanol–water partition coefficient (Wildman–Crippen LogP) is 3.06. The van der Waals surface area contributed by atoms with E-state index in [4.69, 9.17) is 14.2 Å². The quantitative estimate of drug-likeness (QED) is 0.587. The Bertz CT molecular complexity index is 1160. The molecule has 1 fully saturated rings. The third-order valence-electron chi connectivity index (χ3n) is 6.17. The molecule has 0 radical (unpaired) electrons. The van der Waals surface area contributed by atoms with Crippen LogP contribution in [-0.2, 0) is 20.4 Å². The van der Waals surface area contributed by atoms with Crippen LogP contribution in [0.2, 0.25) is 0 Å². The number of nitrogens with one attached hydrogen (secondary N) is 2. The van der Waals surface area contributed by atoms with Gasteiger partial charge in [-0.2, -0.15) is 4.31 Å². The first-order chi connectivity index (χ1) is 16.2. The second kappa shape index (κ2) is 9.81. The number of fused-ring (bicyclic) bond motifs is 1. The smallest absolute Gasteiger partial charge is 0.246 e. The number of hydrogen-bond donors (Lipinski definition) is 2. The highest BCUT2D eigenvalue weighted by Gasteiger charge is 2.29. The van der Waals surface area contributed by atoms with Crippen molar-refractivity contribution in [3.8, 4) is 17.2 Å². The fourth-order valence-corrected chi connectivity index (χ4v) is 5.79. The maximum atomic E-state index is 13.2. The summed E-state index contributed by atoms with van der Waals surface area (Å²) < 4.78 is 44.0. The van der Waals surface area contributed by atoms with Gasteiger partial charge in [0.05, 0.1) is 13.7 Å². The topological polar surface area (TPSA) is 106 Å². The van der Waals surface area contributed by atoms with E-state index in [9.17, 15) is 13.2 Å². The molecule has 2 heterocycles. The van der Waals surface area contributed by atoms with Crippen molar-refractivity contribution in [2.75, 3.05) is 38.9 Å². The van der Waals surface area contributed by atoms with Crippen LogP contribution >= 0.6 is 0 Å². The average Bonchev–Trinajstić information content (AvgIpc) is 3.31. The maximum Gasteiger partial charge on any atom is 0.246 e. The molecule has 0 bridgehead atoms. The molecule has 2 aromatic rings. The van der Waals surface area contributed by atoms with Gasteiger partial charge in [-0.1, -0.05) is 12.5 Å². The van der Waals surface area contributed by atoms with E-state index in [0.29, 0.717) is 30.3 Å². The normalized spacial score (nSPS) is 16.3. The Morgan fingerprint density at radius 2 is 1.79 bits per heavy atom. The number of amides is 1. The fourth-order valence-electron chi connectivity index (χ4n) is 4.09. The van der Waals surface area contributed by atoms with Gasteiger partial charge in [0.25, 0.3) is 0 Å². The summed E-state index contributed by atoms with van der Waals surface area (Å²) >= 11 is 0. The van der Waals surface area contributed by atoms with E-state index in [0.717, 1.165) is 24.8 Å². The first kappa shape index (κ1) is 24.3. The largest absolute Gasteiger partial charge is 0.495 e. The van der Waals surface area contributed by atoms with Crippen LogP contribution in [0.1, 0.15) is 38.7 Å². The highest BCUT2D eigenvalue weighted by atomic mass is 32.2. The van der Waals surface area contributed by atoms with Gasteiger partial charge in [0, 0.05) is 24.3 Å². The van der Waals surface area contributed by atoms with Crippen LogP contribution in [0.3, 0.4) is 0 Å². The van der Waals surface area contributed by atoms with Gasteiger partial charge in [0.1, 0.15) is 10.6 Å². The van der Waals surface area contributed by atoms with E-state index in [1.54, 1.807) is 12.1 Å². The number of sulfonamides is 1. The van der Waals surface area contributed by atoms with E-state index in [-0.39, 0.29) is 29.9 Å². The second-order valence-corrected chi connectivity index (χ2v) is 10.8. The summed E-state index contributed by atoms with van der Waals surface area (Å²) in [7, 11) is -2.28. The molecule has 2 aliphatic rings. The Morgan fingerprint density at radius 3 is 2.53 bits per heavy atom. The SMILES string of the molecule is COc1ccc(NC(=O)CNC(C)(C)c2ccc3c(c2)OCO3)cc1S(=O)(=O)N1CCCCC1. The zero-order valence-corrected chi connectivity index (χ0v) is 20.5. The van der Waals surface area contributed by atoms with Crippen molar-refractivity contribution in [2.45, 2.75) is 43.5 Å². The summed E-state index contributed by atoms with van der Waals surface area (Å²) in [5.41, 5.74) is 0.828. The molecule has 0 atom stereocenters. The summed E-state index contributed by atoms with van der Waals surface area (Å²) in [5.74, 6) is 1.34. The number of carbonyl (C=O) groups is 1. The van der Waals surface area contributed by atoms with Crippen LogP contribution in [0, 0.1) is 0 Å². The Kier molecular flexibility index (Phi) is 7.01. The average molecular weight is 490 g/mol. The molecule has 0 aliphatic carbocycles. The van der Waals surface area contributed by atoms with Crippen LogP contribution < -0.4 is 24.8 Å². The third-order valence-corrected chi connectivity index (χ3v) is 8.09. The Morgan fingerprint density at radius 1 is 1.06 bits per heavy atom. The van der Waals surface area contributed by atoms with Gasteiger partial charge in [0.15, 0.2) is 11.5 Å². The molecule has 0 saturated carbocycles. The first-order valence-electron chi connectivity index (χ1n) is 11.3. The highest BCUT2D eigenvalue weighted by Crippen LogP contribution is 2.35. The number of methoxy groups -OCH3 is 1. The van der Waals surface area contributed by atoms with Gasteiger partial charge in [-0.25, -0.2) is 8.42 Å². The van der Waals surface area contributed by atoms with Crippen molar-refractivity contribution >= 4 is 21.6 Å². The molecule has 2 aliphatic heterocycles. The molecule has 0 spiro atoms. The second-order valence-electron chi connectivity index (χ2n) is 8.93. The van der Waals surface area contributed by atoms with Crippen molar-refractivity contribution < 1.29 is 27.4 Å². The number of piperidine rings is 1. The number of anilines is 1. The number of hydrogen-bond acceptors (Lipinski definition) is 7. The minimum atomic E-state index is -3.72. The molecular weight excluding hydrogens is 458 g/mol. The molecule has 4 rings (SSSR count). The van der Waals surface area contributed by atoms with Crippen molar-refractivity contribution in [3.05, 3.63) is 42.0 Å².